The Morgan fingerprint density at radius 2 is 1.48 bits per heavy atom. The van der Waals surface area contributed by atoms with Crippen LogP contribution >= 0.6 is 0 Å². The van der Waals surface area contributed by atoms with Crippen LogP contribution in [0.1, 0.15) is 93.7 Å². The lowest BCUT2D eigenvalue weighted by Crippen LogP contribution is -2.25. The van der Waals surface area contributed by atoms with E-state index in [1.54, 1.807) is 6.07 Å². The summed E-state index contributed by atoms with van der Waals surface area (Å²) in [4.78, 5) is 0. The Morgan fingerprint density at radius 3 is 2.04 bits per heavy atom. The SMILES string of the molecule is CCCC1CCC(C2CCC(c3cccc(CF)c3CF)CC2)CC1. The van der Waals surface area contributed by atoms with E-state index in [4.69, 9.17) is 0 Å². The summed E-state index contributed by atoms with van der Waals surface area (Å²) in [6, 6.07) is 5.68. The Kier molecular flexibility index (Phi) is 6.90. The van der Waals surface area contributed by atoms with Gasteiger partial charge in [-0.2, -0.15) is 0 Å². The van der Waals surface area contributed by atoms with Crippen molar-refractivity contribution in [1.82, 2.24) is 0 Å². The van der Waals surface area contributed by atoms with E-state index in [0.717, 1.165) is 36.2 Å². The zero-order chi connectivity index (χ0) is 17.6. The molecule has 0 unspecified atom stereocenters. The van der Waals surface area contributed by atoms with Crippen molar-refractivity contribution in [3.05, 3.63) is 34.9 Å². The smallest absolute Gasteiger partial charge is 0.115 e. The maximum Gasteiger partial charge on any atom is 0.115 e. The van der Waals surface area contributed by atoms with Crippen molar-refractivity contribution in [2.45, 2.75) is 90.4 Å². The first-order valence-corrected chi connectivity index (χ1v) is 10.5. The molecule has 3 rings (SSSR count). The molecule has 0 nitrogen and oxygen atoms in total. The zero-order valence-electron chi connectivity index (χ0n) is 15.8. The summed E-state index contributed by atoms with van der Waals surface area (Å²) in [6.07, 6.45) is 13.3. The summed E-state index contributed by atoms with van der Waals surface area (Å²) in [7, 11) is 0. The molecule has 2 saturated carbocycles. The summed E-state index contributed by atoms with van der Waals surface area (Å²) in [5.41, 5.74) is 2.27. The molecule has 0 N–H and O–H groups in total. The minimum absolute atomic E-state index is 0.435. The van der Waals surface area contributed by atoms with Gasteiger partial charge >= 0.3 is 0 Å². The van der Waals surface area contributed by atoms with Crippen molar-refractivity contribution < 1.29 is 8.78 Å². The van der Waals surface area contributed by atoms with Crippen LogP contribution in [0.25, 0.3) is 0 Å². The second-order valence-corrected chi connectivity index (χ2v) is 8.43. The lowest BCUT2D eigenvalue weighted by atomic mass is 9.67. The van der Waals surface area contributed by atoms with E-state index in [2.05, 4.69) is 6.92 Å². The number of benzene rings is 1. The fraction of sp³-hybridized carbons (Fsp3) is 0.739. The molecule has 0 heterocycles. The van der Waals surface area contributed by atoms with Gasteiger partial charge in [0.05, 0.1) is 0 Å². The maximum atomic E-state index is 13.5. The topological polar surface area (TPSA) is 0 Å². The molecule has 0 aromatic heterocycles. The van der Waals surface area contributed by atoms with E-state index in [-0.39, 0.29) is 0 Å². The molecule has 2 heteroatoms. The number of rotatable bonds is 6. The zero-order valence-corrected chi connectivity index (χ0v) is 15.8. The van der Waals surface area contributed by atoms with Gasteiger partial charge < -0.3 is 0 Å². The predicted molar refractivity (Wildman–Crippen MR) is 101 cm³/mol. The molecule has 1 aromatic carbocycles. The third kappa shape index (κ3) is 4.44. The molecule has 2 aliphatic carbocycles. The van der Waals surface area contributed by atoms with Gasteiger partial charge in [0.2, 0.25) is 0 Å². The second-order valence-electron chi connectivity index (χ2n) is 8.43. The van der Waals surface area contributed by atoms with Crippen LogP contribution in [0, 0.1) is 17.8 Å². The standard InChI is InChI=1S/C23H34F2/c1-2-4-17-7-9-18(10-8-17)19-11-13-20(14-12-19)22-6-3-5-21(15-24)23(22)16-25/h3,5-6,17-20H,2,4,7-16H2,1H3. The van der Waals surface area contributed by atoms with Gasteiger partial charge in [0.1, 0.15) is 13.3 Å². The maximum absolute atomic E-state index is 13.5. The van der Waals surface area contributed by atoms with Crippen LogP contribution in [0.4, 0.5) is 8.78 Å². The first-order valence-electron chi connectivity index (χ1n) is 10.5. The highest BCUT2D eigenvalue weighted by Gasteiger charge is 2.31. The van der Waals surface area contributed by atoms with E-state index in [9.17, 15) is 8.78 Å². The Bertz CT molecular complexity index is 523. The molecule has 25 heavy (non-hydrogen) atoms. The van der Waals surface area contributed by atoms with Crippen LogP contribution in [0.2, 0.25) is 0 Å². The minimum Gasteiger partial charge on any atom is -0.246 e. The van der Waals surface area contributed by atoms with Crippen molar-refractivity contribution in [1.29, 1.82) is 0 Å². The van der Waals surface area contributed by atoms with Gasteiger partial charge in [0.15, 0.2) is 0 Å². The fourth-order valence-corrected chi connectivity index (χ4v) is 5.58. The van der Waals surface area contributed by atoms with Gasteiger partial charge in [-0.25, -0.2) is 8.78 Å². The normalized spacial score (nSPS) is 30.4. The van der Waals surface area contributed by atoms with Crippen molar-refractivity contribution in [3.63, 3.8) is 0 Å². The Labute approximate surface area is 152 Å². The molecule has 0 saturated heterocycles. The van der Waals surface area contributed by atoms with Gasteiger partial charge in [-0.1, -0.05) is 50.8 Å². The fourth-order valence-electron chi connectivity index (χ4n) is 5.58. The third-order valence-electron chi connectivity index (χ3n) is 7.05. The minimum atomic E-state index is -0.552. The highest BCUT2D eigenvalue weighted by atomic mass is 19.1. The molecule has 0 bridgehead atoms. The average Bonchev–Trinajstić information content (AvgIpc) is 2.68. The Morgan fingerprint density at radius 1 is 0.840 bits per heavy atom. The van der Waals surface area contributed by atoms with Crippen molar-refractivity contribution in [3.8, 4) is 0 Å². The Hall–Kier alpha value is -0.920. The van der Waals surface area contributed by atoms with Crippen LogP contribution in [0.5, 0.6) is 0 Å². The Balaban J connectivity index is 1.56. The quantitative estimate of drug-likeness (QED) is 0.499. The molecule has 0 atom stereocenters. The molecule has 0 radical (unpaired) electrons. The largest absolute Gasteiger partial charge is 0.246 e. The molecule has 0 amide bonds. The first-order chi connectivity index (χ1) is 12.3. The average molecular weight is 349 g/mol. The van der Waals surface area contributed by atoms with Crippen molar-refractivity contribution in [2.24, 2.45) is 17.8 Å². The van der Waals surface area contributed by atoms with Gasteiger partial charge in [-0.05, 0) is 78.9 Å². The molecule has 2 fully saturated rings. The van der Waals surface area contributed by atoms with E-state index >= 15 is 0 Å². The molecule has 140 valence electrons. The van der Waals surface area contributed by atoms with Gasteiger partial charge in [0.25, 0.3) is 0 Å². The highest BCUT2D eigenvalue weighted by Crippen LogP contribution is 2.45. The van der Waals surface area contributed by atoms with Crippen LogP contribution < -0.4 is 0 Å². The number of hydrogen-bond donors (Lipinski definition) is 0. The third-order valence-corrected chi connectivity index (χ3v) is 7.05. The van der Waals surface area contributed by atoms with Crippen LogP contribution in [-0.4, -0.2) is 0 Å². The molecular weight excluding hydrogens is 314 g/mol. The molecule has 0 aliphatic heterocycles. The van der Waals surface area contributed by atoms with Crippen molar-refractivity contribution in [2.75, 3.05) is 0 Å². The highest BCUT2D eigenvalue weighted by molar-refractivity contribution is 5.37. The second kappa shape index (κ2) is 9.14. The number of alkyl halides is 2. The van der Waals surface area contributed by atoms with E-state index in [1.165, 1.54) is 51.4 Å². The van der Waals surface area contributed by atoms with Gasteiger partial charge in [-0.15, -0.1) is 0 Å². The summed E-state index contributed by atoms with van der Waals surface area (Å²) < 4.78 is 26.6. The summed E-state index contributed by atoms with van der Waals surface area (Å²) >= 11 is 0. The monoisotopic (exact) mass is 348 g/mol. The van der Waals surface area contributed by atoms with Gasteiger partial charge in [-0.3, -0.25) is 0 Å². The van der Waals surface area contributed by atoms with Crippen LogP contribution in [0.3, 0.4) is 0 Å². The predicted octanol–water partition coefficient (Wildman–Crippen LogP) is 7.51. The van der Waals surface area contributed by atoms with Crippen LogP contribution in [-0.2, 0) is 13.3 Å². The molecule has 0 spiro atoms. The van der Waals surface area contributed by atoms with E-state index < -0.39 is 13.3 Å². The lowest BCUT2D eigenvalue weighted by Gasteiger charge is -2.38. The van der Waals surface area contributed by atoms with E-state index in [0.29, 0.717) is 17.0 Å². The van der Waals surface area contributed by atoms with Gasteiger partial charge in [0, 0.05) is 0 Å². The van der Waals surface area contributed by atoms with Crippen LogP contribution in [0.15, 0.2) is 18.2 Å². The molecular formula is C23H34F2. The summed E-state index contributed by atoms with van der Waals surface area (Å²) in [5.74, 6) is 3.21. The van der Waals surface area contributed by atoms with Crippen molar-refractivity contribution >= 4 is 0 Å². The number of hydrogen-bond acceptors (Lipinski definition) is 0. The first kappa shape index (κ1) is 18.9. The summed E-state index contributed by atoms with van der Waals surface area (Å²) in [5, 5.41) is 0. The lowest BCUT2D eigenvalue weighted by molar-refractivity contribution is 0.156. The van der Waals surface area contributed by atoms with E-state index in [1.807, 2.05) is 12.1 Å². The summed E-state index contributed by atoms with van der Waals surface area (Å²) in [6.45, 7) is 1.22. The molecule has 1 aromatic rings. The number of halogens is 2. The molecule has 2 aliphatic rings.